The fraction of sp³-hybridized carbons (Fsp3) is 0.583. The first-order valence-corrected chi connectivity index (χ1v) is 6.15. The smallest absolute Gasteiger partial charge is 0.323 e. The van der Waals surface area contributed by atoms with Crippen molar-refractivity contribution in [2.75, 3.05) is 11.9 Å². The van der Waals surface area contributed by atoms with Gasteiger partial charge in [0.15, 0.2) is 0 Å². The van der Waals surface area contributed by atoms with Crippen LogP contribution in [0.3, 0.4) is 0 Å². The van der Waals surface area contributed by atoms with Gasteiger partial charge in [0.25, 0.3) is 0 Å². The van der Waals surface area contributed by atoms with E-state index in [1.807, 2.05) is 0 Å². The maximum Gasteiger partial charge on any atom is 0.323 e. The van der Waals surface area contributed by atoms with E-state index in [0.29, 0.717) is 18.5 Å². The Morgan fingerprint density at radius 3 is 2.47 bits per heavy atom. The normalized spacial score (nSPS) is 11.3. The summed E-state index contributed by atoms with van der Waals surface area (Å²) in [6, 6.07) is 1.59. The quantitative estimate of drug-likeness (QED) is 0.686. The van der Waals surface area contributed by atoms with Gasteiger partial charge in [0.2, 0.25) is 11.8 Å². The lowest BCUT2D eigenvalue weighted by Crippen LogP contribution is -2.53. The average molecular weight is 269 g/mol. The molecule has 0 aliphatic carbocycles. The Balaban J connectivity index is 2.55. The van der Waals surface area contributed by atoms with Gasteiger partial charge in [-0.3, -0.25) is 20.2 Å². The molecule has 0 aromatic carbocycles. The third kappa shape index (κ3) is 3.78. The molecule has 19 heavy (non-hydrogen) atoms. The van der Waals surface area contributed by atoms with Crippen molar-refractivity contribution in [1.82, 2.24) is 10.5 Å². The minimum Gasteiger partial charge on any atom is -0.480 e. The molecule has 1 aromatic rings. The Morgan fingerprint density at radius 2 is 2.05 bits per heavy atom. The molecule has 0 radical (unpaired) electrons. The summed E-state index contributed by atoms with van der Waals surface area (Å²) in [5.41, 5.74) is -0.417. The van der Waals surface area contributed by atoms with Gasteiger partial charge in [0.1, 0.15) is 5.54 Å². The molecule has 106 valence electrons. The van der Waals surface area contributed by atoms with E-state index in [9.17, 15) is 14.7 Å². The third-order valence-corrected chi connectivity index (χ3v) is 3.09. The molecule has 0 fully saturated rings. The minimum atomic E-state index is -1.07. The molecule has 7 nitrogen and oxygen atoms in total. The molecule has 1 heterocycles. The average Bonchev–Trinajstić information content (AvgIpc) is 2.76. The van der Waals surface area contributed by atoms with Crippen LogP contribution in [0.15, 0.2) is 10.6 Å². The topological polar surface area (TPSA) is 104 Å². The van der Waals surface area contributed by atoms with Gasteiger partial charge in [0.05, 0.1) is 12.2 Å². The van der Waals surface area contributed by atoms with E-state index in [0.717, 1.165) is 0 Å². The molecule has 0 atom stereocenters. The summed E-state index contributed by atoms with van der Waals surface area (Å²) in [7, 11) is 0. The standard InChI is InChI=1S/C12H19N3O4/c1-4-12(5-2,11(17)18)13-7-9(16)14-10-6-8(3)15-19-10/h6,13H,4-5,7H2,1-3H3,(H,14,16)(H,17,18). The van der Waals surface area contributed by atoms with Crippen LogP contribution in [0, 0.1) is 6.92 Å². The number of aliphatic carboxylic acids is 1. The lowest BCUT2D eigenvalue weighted by molar-refractivity contribution is -0.145. The Kier molecular flexibility index (Phi) is 5.05. The van der Waals surface area contributed by atoms with Crippen LogP contribution in [0.1, 0.15) is 32.4 Å². The highest BCUT2D eigenvalue weighted by Gasteiger charge is 2.34. The van der Waals surface area contributed by atoms with Crippen molar-refractivity contribution >= 4 is 17.8 Å². The van der Waals surface area contributed by atoms with Crippen LogP contribution in [0.25, 0.3) is 0 Å². The predicted octanol–water partition coefficient (Wildman–Crippen LogP) is 1.15. The molecule has 0 aliphatic rings. The van der Waals surface area contributed by atoms with E-state index in [2.05, 4.69) is 15.8 Å². The Hall–Kier alpha value is -1.89. The lowest BCUT2D eigenvalue weighted by Gasteiger charge is -2.27. The van der Waals surface area contributed by atoms with Gasteiger partial charge in [-0.05, 0) is 19.8 Å². The summed E-state index contributed by atoms with van der Waals surface area (Å²) in [6.45, 7) is 5.17. The molecular weight excluding hydrogens is 250 g/mol. The number of amides is 1. The van der Waals surface area contributed by atoms with Crippen LogP contribution in [-0.4, -0.2) is 34.2 Å². The number of aryl methyl sites for hydroxylation is 1. The SMILES string of the molecule is CCC(CC)(NCC(=O)Nc1cc(C)no1)C(=O)O. The molecule has 0 saturated carbocycles. The van der Waals surface area contributed by atoms with Crippen LogP contribution in [0.5, 0.6) is 0 Å². The molecule has 1 aromatic heterocycles. The summed E-state index contributed by atoms with van der Waals surface area (Å²) >= 11 is 0. The van der Waals surface area contributed by atoms with Gasteiger partial charge in [-0.2, -0.15) is 0 Å². The zero-order valence-electron chi connectivity index (χ0n) is 11.3. The van der Waals surface area contributed by atoms with Gasteiger partial charge in [0, 0.05) is 6.07 Å². The molecule has 7 heteroatoms. The van der Waals surface area contributed by atoms with E-state index in [1.54, 1.807) is 26.8 Å². The number of carbonyl (C=O) groups excluding carboxylic acids is 1. The molecule has 1 amide bonds. The van der Waals surface area contributed by atoms with Gasteiger partial charge in [-0.1, -0.05) is 19.0 Å². The fourth-order valence-electron chi connectivity index (χ4n) is 1.73. The summed E-state index contributed by atoms with van der Waals surface area (Å²) in [5.74, 6) is -1.08. The molecule has 1 rings (SSSR count). The number of nitrogens with zero attached hydrogens (tertiary/aromatic N) is 1. The van der Waals surface area contributed by atoms with Crippen LogP contribution in [0.2, 0.25) is 0 Å². The molecule has 0 saturated heterocycles. The Labute approximate surface area is 111 Å². The van der Waals surface area contributed by atoms with Crippen LogP contribution >= 0.6 is 0 Å². The highest BCUT2D eigenvalue weighted by Crippen LogP contribution is 2.15. The molecule has 0 unspecified atom stereocenters. The van der Waals surface area contributed by atoms with Crippen molar-refractivity contribution in [1.29, 1.82) is 0 Å². The van der Waals surface area contributed by atoms with E-state index in [4.69, 9.17) is 4.52 Å². The van der Waals surface area contributed by atoms with E-state index >= 15 is 0 Å². The van der Waals surface area contributed by atoms with Crippen LogP contribution in [0.4, 0.5) is 5.88 Å². The zero-order valence-corrected chi connectivity index (χ0v) is 11.3. The number of anilines is 1. The largest absolute Gasteiger partial charge is 0.480 e. The van der Waals surface area contributed by atoms with Crippen LogP contribution < -0.4 is 10.6 Å². The van der Waals surface area contributed by atoms with Gasteiger partial charge in [-0.15, -0.1) is 0 Å². The summed E-state index contributed by atoms with van der Waals surface area (Å²) in [4.78, 5) is 22.9. The monoisotopic (exact) mass is 269 g/mol. The van der Waals surface area contributed by atoms with Gasteiger partial charge >= 0.3 is 5.97 Å². The second kappa shape index (κ2) is 6.33. The first-order valence-electron chi connectivity index (χ1n) is 6.15. The van der Waals surface area contributed by atoms with Crippen LogP contribution in [-0.2, 0) is 9.59 Å². The second-order valence-electron chi connectivity index (χ2n) is 4.33. The second-order valence-corrected chi connectivity index (χ2v) is 4.33. The number of hydrogen-bond acceptors (Lipinski definition) is 5. The van der Waals surface area contributed by atoms with Gasteiger partial charge < -0.3 is 9.63 Å². The highest BCUT2D eigenvalue weighted by molar-refractivity contribution is 5.91. The third-order valence-electron chi connectivity index (χ3n) is 3.09. The van der Waals surface area contributed by atoms with E-state index in [-0.39, 0.29) is 18.3 Å². The zero-order chi connectivity index (χ0) is 14.5. The number of carboxylic acids is 1. The number of carboxylic acid groups (broad SMARTS) is 1. The van der Waals surface area contributed by atoms with Crippen molar-refractivity contribution < 1.29 is 19.2 Å². The fourth-order valence-corrected chi connectivity index (χ4v) is 1.73. The Bertz CT molecular complexity index is 452. The number of nitrogens with one attached hydrogen (secondary N) is 2. The minimum absolute atomic E-state index is 0.103. The summed E-state index contributed by atoms with van der Waals surface area (Å²) < 4.78 is 4.84. The van der Waals surface area contributed by atoms with Crippen molar-refractivity contribution in [3.8, 4) is 0 Å². The maximum absolute atomic E-state index is 11.7. The molecular formula is C12H19N3O4. The first kappa shape index (κ1) is 15.2. The first-order chi connectivity index (χ1) is 8.93. The highest BCUT2D eigenvalue weighted by atomic mass is 16.5. The molecule has 0 aliphatic heterocycles. The summed E-state index contributed by atoms with van der Waals surface area (Å²) in [6.07, 6.45) is 0.793. The van der Waals surface area contributed by atoms with Crippen molar-refractivity contribution in [2.24, 2.45) is 0 Å². The van der Waals surface area contributed by atoms with Crippen molar-refractivity contribution in [2.45, 2.75) is 39.2 Å². The Morgan fingerprint density at radius 1 is 1.42 bits per heavy atom. The molecule has 0 bridgehead atoms. The number of hydrogen-bond donors (Lipinski definition) is 3. The number of aromatic nitrogens is 1. The molecule has 3 N–H and O–H groups in total. The van der Waals surface area contributed by atoms with Gasteiger partial charge in [-0.25, -0.2) is 0 Å². The maximum atomic E-state index is 11.7. The lowest BCUT2D eigenvalue weighted by atomic mass is 9.93. The number of carbonyl (C=O) groups is 2. The van der Waals surface area contributed by atoms with E-state index in [1.165, 1.54) is 0 Å². The van der Waals surface area contributed by atoms with Crippen molar-refractivity contribution in [3.63, 3.8) is 0 Å². The summed E-state index contributed by atoms with van der Waals surface area (Å²) in [5, 5.41) is 18.1. The number of rotatable bonds is 7. The molecule has 0 spiro atoms. The van der Waals surface area contributed by atoms with Crippen molar-refractivity contribution in [3.05, 3.63) is 11.8 Å². The predicted molar refractivity (Wildman–Crippen MR) is 68.8 cm³/mol. The van der Waals surface area contributed by atoms with E-state index < -0.39 is 11.5 Å².